The zero-order valence-corrected chi connectivity index (χ0v) is 37.2. The first-order valence-corrected chi connectivity index (χ1v) is 22.8. The highest BCUT2D eigenvalue weighted by atomic mass is 19.1. The molecule has 0 amide bonds. The summed E-state index contributed by atoms with van der Waals surface area (Å²) in [5.74, 6) is 0.673. The number of carbonyl (C=O) groups is 2. The molecule has 0 N–H and O–H groups in total. The van der Waals surface area contributed by atoms with Gasteiger partial charge in [-0.15, -0.1) is 10.2 Å². The third-order valence-electron chi connectivity index (χ3n) is 18.0. The van der Waals surface area contributed by atoms with Crippen LogP contribution in [0, 0.1) is 68.3 Å². The molecule has 62 heavy (non-hydrogen) atoms. The Bertz CT molecular complexity index is 2340. The summed E-state index contributed by atoms with van der Waals surface area (Å²) in [4.78, 5) is 27.4. The molecule has 4 aromatic rings. The molecule has 2 aromatic heterocycles. The van der Waals surface area contributed by atoms with Crippen molar-refractivity contribution in [2.24, 2.45) is 56.7 Å². The SMILES string of the molecule is C=C(C)[C@@H]1CC[C@]2(COC(=O)c3cn(Cc4ccc(F)cc4)nn3)CC[C@]3(C)[C@H](CC[C@@H]4[C@@]5(C)CC[C@H](OC(=O)c6cnnn6Cc6ccc(F)cc6)C(C)(C)[C@@H]5CC[C@]43C)[C@@H]12. The molecule has 5 aliphatic rings. The van der Waals surface area contributed by atoms with Crippen LogP contribution in [0.25, 0.3) is 0 Å². The summed E-state index contributed by atoms with van der Waals surface area (Å²) >= 11 is 0. The van der Waals surface area contributed by atoms with Gasteiger partial charge in [-0.3, -0.25) is 0 Å². The topological polar surface area (TPSA) is 114 Å². The molecule has 0 radical (unpaired) electrons. The average Bonchev–Trinajstić information content (AvgIpc) is 4.00. The Morgan fingerprint density at radius 1 is 0.774 bits per heavy atom. The number of hydrogen-bond acceptors (Lipinski definition) is 8. The van der Waals surface area contributed by atoms with Crippen molar-refractivity contribution in [2.75, 3.05) is 6.61 Å². The van der Waals surface area contributed by atoms with E-state index in [2.05, 4.69) is 68.7 Å². The predicted molar refractivity (Wildman–Crippen MR) is 230 cm³/mol. The van der Waals surface area contributed by atoms with Crippen LogP contribution in [0.1, 0.15) is 138 Å². The summed E-state index contributed by atoms with van der Waals surface area (Å²) in [5.41, 5.74) is 3.35. The number of hydrogen-bond donors (Lipinski definition) is 0. The van der Waals surface area contributed by atoms with Gasteiger partial charge in [0, 0.05) is 10.8 Å². The van der Waals surface area contributed by atoms with Crippen molar-refractivity contribution in [3.8, 4) is 0 Å². The third kappa shape index (κ3) is 6.93. The lowest BCUT2D eigenvalue weighted by molar-refractivity contribution is -0.249. The third-order valence-corrected chi connectivity index (χ3v) is 18.0. The van der Waals surface area contributed by atoms with E-state index in [1.807, 2.05) is 0 Å². The fourth-order valence-corrected chi connectivity index (χ4v) is 14.7. The summed E-state index contributed by atoms with van der Waals surface area (Å²) < 4.78 is 42.8. The number of carbonyl (C=O) groups excluding carboxylic acids is 2. The maximum Gasteiger partial charge on any atom is 0.360 e. The first kappa shape index (κ1) is 42.6. The Morgan fingerprint density at radius 3 is 2.16 bits per heavy atom. The van der Waals surface area contributed by atoms with Crippen LogP contribution in [0.4, 0.5) is 8.78 Å². The number of aromatic nitrogens is 6. The molecular weight excluding hydrogens is 787 g/mol. The molecule has 12 heteroatoms. The maximum atomic E-state index is 13.8. The van der Waals surface area contributed by atoms with Crippen LogP contribution in [-0.4, -0.2) is 54.6 Å². The van der Waals surface area contributed by atoms with Crippen LogP contribution in [0.2, 0.25) is 0 Å². The van der Waals surface area contributed by atoms with E-state index in [1.165, 1.54) is 40.7 Å². The molecular formula is C50H62F2N6O4. The second-order valence-corrected chi connectivity index (χ2v) is 21.2. The minimum Gasteiger partial charge on any atom is -0.460 e. The number of halogens is 2. The monoisotopic (exact) mass is 848 g/mol. The van der Waals surface area contributed by atoms with Crippen LogP contribution in [0.15, 0.2) is 73.1 Å². The van der Waals surface area contributed by atoms with Crippen molar-refractivity contribution < 1.29 is 27.8 Å². The molecule has 0 bridgehead atoms. The van der Waals surface area contributed by atoms with Gasteiger partial charge in [0.25, 0.3) is 0 Å². The van der Waals surface area contributed by atoms with Gasteiger partial charge in [-0.25, -0.2) is 27.7 Å². The number of fused-ring (bicyclic) bond motifs is 7. The molecule has 5 fully saturated rings. The summed E-state index contributed by atoms with van der Waals surface area (Å²) in [6.07, 6.45) is 13.3. The zero-order chi connectivity index (χ0) is 43.8. The lowest BCUT2D eigenvalue weighted by atomic mass is 9.32. The van der Waals surface area contributed by atoms with Crippen molar-refractivity contribution in [2.45, 2.75) is 125 Å². The highest BCUT2D eigenvalue weighted by Crippen LogP contribution is 2.77. The first-order chi connectivity index (χ1) is 29.5. The molecule has 0 unspecified atom stereocenters. The number of esters is 2. The molecule has 2 heterocycles. The number of allylic oxidation sites excluding steroid dienone is 1. The normalized spacial score (nSPS) is 34.6. The van der Waals surface area contributed by atoms with E-state index >= 15 is 0 Å². The van der Waals surface area contributed by atoms with Gasteiger partial charge in [0.2, 0.25) is 0 Å². The summed E-state index contributed by atoms with van der Waals surface area (Å²) in [5, 5.41) is 16.5. The molecule has 2 aromatic carbocycles. The van der Waals surface area contributed by atoms with Gasteiger partial charge in [0.15, 0.2) is 11.4 Å². The number of rotatable bonds is 10. The summed E-state index contributed by atoms with van der Waals surface area (Å²) in [7, 11) is 0. The van der Waals surface area contributed by atoms with Gasteiger partial charge in [0.05, 0.1) is 32.1 Å². The molecule has 0 aliphatic heterocycles. The Balaban J connectivity index is 0.903. The van der Waals surface area contributed by atoms with Gasteiger partial charge >= 0.3 is 11.9 Å². The fraction of sp³-hybridized carbons (Fsp3) is 0.600. The largest absolute Gasteiger partial charge is 0.460 e. The van der Waals surface area contributed by atoms with Gasteiger partial charge in [-0.05, 0) is 152 Å². The summed E-state index contributed by atoms with van der Waals surface area (Å²) in [6, 6.07) is 12.4. The smallest absolute Gasteiger partial charge is 0.360 e. The second kappa shape index (κ2) is 15.5. The van der Waals surface area contributed by atoms with Crippen molar-refractivity contribution in [3.05, 3.63) is 107 Å². The van der Waals surface area contributed by atoms with E-state index in [-0.39, 0.29) is 50.5 Å². The van der Waals surface area contributed by atoms with E-state index < -0.39 is 11.9 Å². The Labute approximate surface area is 364 Å². The van der Waals surface area contributed by atoms with Crippen LogP contribution >= 0.6 is 0 Å². The van der Waals surface area contributed by atoms with Crippen molar-refractivity contribution in [3.63, 3.8) is 0 Å². The standard InChI is InChI=1S/C50H62F2N6O4/c1-31(2)36-18-23-50(30-61-44(59)38-29-57(56-54-38)27-32-8-12-34(51)13-9-32)25-24-48(6)37(43(36)50)16-17-41-47(5)21-20-42(46(3,4)40(47)19-22-49(41,48)7)62-45(60)39-26-53-55-58(39)28-33-10-14-35(52)15-11-33/h8-15,26,29,36-37,40-43H,1,16-25,27-28,30H2,2-7H3/t36-,37+,40-,41+,42-,43+,47-,48+,49+,50+/m0/s1. The zero-order valence-electron chi connectivity index (χ0n) is 37.2. The van der Waals surface area contributed by atoms with Crippen LogP contribution in [0.5, 0.6) is 0 Å². The van der Waals surface area contributed by atoms with Gasteiger partial charge < -0.3 is 9.47 Å². The lowest BCUT2D eigenvalue weighted by Gasteiger charge is -2.73. The Morgan fingerprint density at radius 2 is 1.47 bits per heavy atom. The minimum absolute atomic E-state index is 0.0843. The first-order valence-electron chi connectivity index (χ1n) is 22.8. The van der Waals surface area contributed by atoms with Gasteiger partial charge in [0.1, 0.15) is 17.7 Å². The van der Waals surface area contributed by atoms with Crippen molar-refractivity contribution >= 4 is 11.9 Å². The van der Waals surface area contributed by atoms with Crippen LogP contribution < -0.4 is 0 Å². The Kier molecular flexibility index (Phi) is 10.6. The highest BCUT2D eigenvalue weighted by Gasteiger charge is 2.71. The van der Waals surface area contributed by atoms with E-state index in [1.54, 1.807) is 35.1 Å². The molecule has 10 nitrogen and oxygen atoms in total. The van der Waals surface area contributed by atoms with Crippen molar-refractivity contribution in [1.82, 2.24) is 30.0 Å². The minimum atomic E-state index is -0.450. The molecule has 0 spiro atoms. The number of benzene rings is 2. The van der Waals surface area contributed by atoms with Crippen LogP contribution in [0.3, 0.4) is 0 Å². The van der Waals surface area contributed by atoms with E-state index in [0.717, 1.165) is 75.3 Å². The molecule has 330 valence electrons. The van der Waals surface area contributed by atoms with Gasteiger partial charge in [-0.2, -0.15) is 0 Å². The average molecular weight is 849 g/mol. The van der Waals surface area contributed by atoms with E-state index in [0.29, 0.717) is 55.0 Å². The molecule has 10 atom stereocenters. The fourth-order valence-electron chi connectivity index (χ4n) is 14.7. The molecule has 0 saturated heterocycles. The van der Waals surface area contributed by atoms with E-state index in [9.17, 15) is 18.4 Å². The molecule has 9 rings (SSSR count). The predicted octanol–water partition coefficient (Wildman–Crippen LogP) is 10.3. The second-order valence-electron chi connectivity index (χ2n) is 21.2. The van der Waals surface area contributed by atoms with Gasteiger partial charge in [-0.1, -0.05) is 81.5 Å². The van der Waals surface area contributed by atoms with Crippen molar-refractivity contribution in [1.29, 1.82) is 0 Å². The molecule has 5 aliphatic carbocycles. The molecule has 5 saturated carbocycles. The quantitative estimate of drug-likeness (QED) is 0.115. The van der Waals surface area contributed by atoms with Crippen LogP contribution in [-0.2, 0) is 22.6 Å². The summed E-state index contributed by atoms with van der Waals surface area (Å²) in [6.45, 7) is 20.2. The maximum absolute atomic E-state index is 13.8. The Hall–Kier alpha value is -4.74. The number of nitrogens with zero attached hydrogens (tertiary/aromatic N) is 6. The highest BCUT2D eigenvalue weighted by molar-refractivity contribution is 5.87. The van der Waals surface area contributed by atoms with E-state index in [4.69, 9.17) is 9.47 Å². The number of ether oxygens (including phenoxy) is 2. The lowest BCUT2D eigenvalue weighted by Crippen LogP contribution is -2.67.